The van der Waals surface area contributed by atoms with Gasteiger partial charge in [-0.15, -0.1) is 0 Å². The predicted molar refractivity (Wildman–Crippen MR) is 102 cm³/mol. The Kier molecular flexibility index (Phi) is 7.44. The first-order valence-corrected chi connectivity index (χ1v) is 8.53. The second-order valence-electron chi connectivity index (χ2n) is 5.12. The molecule has 0 heterocycles. The monoisotopic (exact) mass is 393 g/mol. The zero-order valence-corrected chi connectivity index (χ0v) is 15.5. The van der Waals surface area contributed by atoms with Crippen LogP contribution in [0.2, 0.25) is 10.0 Å². The molecule has 2 rings (SSSR count). The summed E-state index contributed by atoms with van der Waals surface area (Å²) in [6, 6.07) is 12.0. The van der Waals surface area contributed by atoms with Crippen LogP contribution in [0.5, 0.6) is 5.75 Å². The lowest BCUT2D eigenvalue weighted by atomic mass is 10.2. The third-order valence-corrected chi connectivity index (χ3v) is 3.82. The van der Waals surface area contributed by atoms with Crippen LogP contribution < -0.4 is 15.5 Å². The van der Waals surface area contributed by atoms with Crippen molar-refractivity contribution in [2.24, 2.45) is 5.10 Å². The maximum absolute atomic E-state index is 11.8. The molecule has 0 aliphatic heterocycles. The molecule has 8 heteroatoms. The average molecular weight is 394 g/mol. The van der Waals surface area contributed by atoms with Crippen molar-refractivity contribution in [2.75, 3.05) is 6.61 Å². The Labute approximate surface area is 161 Å². The maximum Gasteiger partial charge on any atom is 0.329 e. The van der Waals surface area contributed by atoms with Crippen LogP contribution in [-0.4, -0.2) is 24.6 Å². The standard InChI is InChI=1S/C18H17Cl2N3O3/c1-2-26-15-7-3-12(4-8-15)10-22-23-18(25)17(24)21-11-13-5-6-14(19)9-16(13)20/h3-10H,2,11H2,1H3,(H,21,24)(H,23,25). The first-order valence-electron chi connectivity index (χ1n) is 7.77. The normalized spacial score (nSPS) is 10.6. The van der Waals surface area contributed by atoms with Crippen molar-refractivity contribution in [1.82, 2.24) is 10.7 Å². The zero-order valence-electron chi connectivity index (χ0n) is 14.0. The summed E-state index contributed by atoms with van der Waals surface area (Å²) >= 11 is 11.8. The minimum Gasteiger partial charge on any atom is -0.494 e. The number of carbonyl (C=O) groups is 2. The third-order valence-electron chi connectivity index (χ3n) is 3.23. The molecule has 6 nitrogen and oxygen atoms in total. The Morgan fingerprint density at radius 1 is 1.12 bits per heavy atom. The van der Waals surface area contributed by atoms with Gasteiger partial charge in [0.05, 0.1) is 12.8 Å². The van der Waals surface area contributed by atoms with Crippen LogP contribution in [0.3, 0.4) is 0 Å². The van der Waals surface area contributed by atoms with E-state index >= 15 is 0 Å². The van der Waals surface area contributed by atoms with E-state index in [9.17, 15) is 9.59 Å². The fourth-order valence-electron chi connectivity index (χ4n) is 1.95. The summed E-state index contributed by atoms with van der Waals surface area (Å²) in [5.41, 5.74) is 3.56. The van der Waals surface area contributed by atoms with E-state index in [1.165, 1.54) is 6.21 Å². The molecule has 0 unspecified atom stereocenters. The number of hydrazone groups is 1. The summed E-state index contributed by atoms with van der Waals surface area (Å²) in [6.07, 6.45) is 1.43. The Hall–Kier alpha value is -2.57. The van der Waals surface area contributed by atoms with Gasteiger partial charge in [-0.25, -0.2) is 5.43 Å². The summed E-state index contributed by atoms with van der Waals surface area (Å²) in [5, 5.41) is 7.11. The van der Waals surface area contributed by atoms with Gasteiger partial charge in [-0.05, 0) is 54.4 Å². The molecule has 0 bridgehead atoms. The Bertz CT molecular complexity index is 808. The molecule has 2 aromatic rings. The summed E-state index contributed by atoms with van der Waals surface area (Å²) < 4.78 is 5.33. The molecule has 0 atom stereocenters. The lowest BCUT2D eigenvalue weighted by molar-refractivity contribution is -0.139. The van der Waals surface area contributed by atoms with Gasteiger partial charge < -0.3 is 10.1 Å². The van der Waals surface area contributed by atoms with Crippen molar-refractivity contribution in [2.45, 2.75) is 13.5 Å². The summed E-state index contributed by atoms with van der Waals surface area (Å²) in [6.45, 7) is 2.58. The van der Waals surface area contributed by atoms with E-state index in [1.54, 1.807) is 42.5 Å². The summed E-state index contributed by atoms with van der Waals surface area (Å²) in [4.78, 5) is 23.5. The number of hydrogen-bond donors (Lipinski definition) is 2. The minimum absolute atomic E-state index is 0.102. The third kappa shape index (κ3) is 6.06. The van der Waals surface area contributed by atoms with Gasteiger partial charge in [0.1, 0.15) is 5.75 Å². The highest BCUT2D eigenvalue weighted by Crippen LogP contribution is 2.20. The average Bonchev–Trinajstić information content (AvgIpc) is 2.62. The van der Waals surface area contributed by atoms with Gasteiger partial charge in [0.25, 0.3) is 0 Å². The molecule has 0 aromatic heterocycles. The van der Waals surface area contributed by atoms with Crippen molar-refractivity contribution in [3.05, 3.63) is 63.6 Å². The van der Waals surface area contributed by atoms with E-state index in [4.69, 9.17) is 27.9 Å². The largest absolute Gasteiger partial charge is 0.494 e. The number of amides is 2. The maximum atomic E-state index is 11.8. The van der Waals surface area contributed by atoms with E-state index in [2.05, 4.69) is 15.8 Å². The van der Waals surface area contributed by atoms with Crippen molar-refractivity contribution in [1.29, 1.82) is 0 Å². The highest BCUT2D eigenvalue weighted by molar-refractivity contribution is 6.36. The van der Waals surface area contributed by atoms with Crippen molar-refractivity contribution in [3.8, 4) is 5.75 Å². The van der Waals surface area contributed by atoms with Gasteiger partial charge in [0.15, 0.2) is 0 Å². The molecule has 0 radical (unpaired) electrons. The number of nitrogens with one attached hydrogen (secondary N) is 2. The van der Waals surface area contributed by atoms with E-state index in [0.29, 0.717) is 22.2 Å². The number of nitrogens with zero attached hydrogens (tertiary/aromatic N) is 1. The number of rotatable bonds is 6. The lowest BCUT2D eigenvalue weighted by Crippen LogP contribution is -2.37. The minimum atomic E-state index is -0.878. The fraction of sp³-hybridized carbons (Fsp3) is 0.167. The quantitative estimate of drug-likeness (QED) is 0.449. The molecule has 0 spiro atoms. The number of ether oxygens (including phenoxy) is 1. The van der Waals surface area contributed by atoms with Crippen LogP contribution in [0.1, 0.15) is 18.1 Å². The topological polar surface area (TPSA) is 79.8 Å². The molecule has 2 amide bonds. The van der Waals surface area contributed by atoms with Crippen LogP contribution >= 0.6 is 23.2 Å². The van der Waals surface area contributed by atoms with Gasteiger partial charge in [-0.1, -0.05) is 29.3 Å². The Morgan fingerprint density at radius 3 is 2.50 bits per heavy atom. The van der Waals surface area contributed by atoms with Gasteiger partial charge >= 0.3 is 11.8 Å². The molecule has 0 fully saturated rings. The summed E-state index contributed by atoms with van der Waals surface area (Å²) in [7, 11) is 0. The molecule has 2 aromatic carbocycles. The first-order chi connectivity index (χ1) is 12.5. The SMILES string of the molecule is CCOc1ccc(C=NNC(=O)C(=O)NCc2ccc(Cl)cc2Cl)cc1. The first kappa shape index (κ1) is 19.8. The Morgan fingerprint density at radius 2 is 1.85 bits per heavy atom. The molecule has 0 saturated heterocycles. The molecular weight excluding hydrogens is 377 g/mol. The predicted octanol–water partition coefficient (Wildman–Crippen LogP) is 3.16. The van der Waals surface area contributed by atoms with Gasteiger partial charge in [-0.2, -0.15) is 5.10 Å². The smallest absolute Gasteiger partial charge is 0.329 e. The van der Waals surface area contributed by atoms with Crippen LogP contribution in [0.25, 0.3) is 0 Å². The summed E-state index contributed by atoms with van der Waals surface area (Å²) in [5.74, 6) is -0.953. The van der Waals surface area contributed by atoms with E-state index in [0.717, 1.165) is 11.3 Å². The zero-order chi connectivity index (χ0) is 18.9. The molecule has 0 aliphatic carbocycles. The van der Waals surface area contributed by atoms with Crippen LogP contribution in [-0.2, 0) is 16.1 Å². The fourth-order valence-corrected chi connectivity index (χ4v) is 2.43. The number of halogens is 2. The second-order valence-corrected chi connectivity index (χ2v) is 5.96. The van der Waals surface area contributed by atoms with Gasteiger partial charge in [0.2, 0.25) is 0 Å². The van der Waals surface area contributed by atoms with Crippen molar-refractivity contribution >= 4 is 41.2 Å². The van der Waals surface area contributed by atoms with Crippen LogP contribution in [0.15, 0.2) is 47.6 Å². The van der Waals surface area contributed by atoms with E-state index < -0.39 is 11.8 Å². The van der Waals surface area contributed by atoms with Gasteiger partial charge in [0, 0.05) is 16.6 Å². The molecule has 26 heavy (non-hydrogen) atoms. The molecule has 2 N–H and O–H groups in total. The number of carbonyl (C=O) groups excluding carboxylic acids is 2. The van der Waals surface area contributed by atoms with Crippen LogP contribution in [0.4, 0.5) is 0 Å². The van der Waals surface area contributed by atoms with Crippen LogP contribution in [0, 0.1) is 0 Å². The van der Waals surface area contributed by atoms with Crippen molar-refractivity contribution in [3.63, 3.8) is 0 Å². The molecular formula is C18H17Cl2N3O3. The number of hydrogen-bond acceptors (Lipinski definition) is 4. The highest BCUT2D eigenvalue weighted by atomic mass is 35.5. The van der Waals surface area contributed by atoms with E-state index in [-0.39, 0.29) is 6.54 Å². The highest BCUT2D eigenvalue weighted by Gasteiger charge is 2.12. The molecule has 136 valence electrons. The molecule has 0 saturated carbocycles. The van der Waals surface area contributed by atoms with E-state index in [1.807, 2.05) is 6.92 Å². The Balaban J connectivity index is 1.81. The van der Waals surface area contributed by atoms with Gasteiger partial charge in [-0.3, -0.25) is 9.59 Å². The second kappa shape index (κ2) is 9.79. The molecule has 0 aliphatic rings. The number of benzene rings is 2. The lowest BCUT2D eigenvalue weighted by Gasteiger charge is -2.06. The van der Waals surface area contributed by atoms with Crippen molar-refractivity contribution < 1.29 is 14.3 Å².